The first-order chi connectivity index (χ1) is 5.63. The monoisotopic (exact) mass is 281 g/mol. The van der Waals surface area contributed by atoms with E-state index in [0.717, 1.165) is 3.57 Å². The molecule has 0 radical (unpaired) electrons. The maximum atomic E-state index is 12.8. The molecule has 0 aliphatic rings. The van der Waals surface area contributed by atoms with E-state index in [0.29, 0.717) is 5.56 Å². The van der Waals surface area contributed by atoms with E-state index in [1.165, 1.54) is 12.1 Å². The zero-order valence-electron chi connectivity index (χ0n) is 6.30. The number of hydrogen-bond donors (Lipinski definition) is 2. The summed E-state index contributed by atoms with van der Waals surface area (Å²) in [7, 11) is 0. The first-order valence-corrected chi connectivity index (χ1v) is 4.54. The van der Waals surface area contributed by atoms with Crippen LogP contribution in [0.1, 0.15) is 11.6 Å². The van der Waals surface area contributed by atoms with Gasteiger partial charge in [0.05, 0.1) is 12.6 Å². The summed E-state index contributed by atoms with van der Waals surface area (Å²) < 4.78 is 13.6. The van der Waals surface area contributed by atoms with Gasteiger partial charge < -0.3 is 10.8 Å². The minimum Gasteiger partial charge on any atom is -0.394 e. The van der Waals surface area contributed by atoms with Crippen molar-refractivity contribution >= 4 is 22.6 Å². The van der Waals surface area contributed by atoms with E-state index in [-0.39, 0.29) is 12.4 Å². The number of rotatable bonds is 2. The largest absolute Gasteiger partial charge is 0.394 e. The average molecular weight is 281 g/mol. The molecule has 1 atom stereocenters. The van der Waals surface area contributed by atoms with E-state index in [1.807, 2.05) is 22.6 Å². The molecule has 1 aromatic carbocycles. The fraction of sp³-hybridized carbons (Fsp3) is 0.250. The lowest BCUT2D eigenvalue weighted by Crippen LogP contribution is -2.14. The Bertz CT molecular complexity index is 260. The van der Waals surface area contributed by atoms with Crippen molar-refractivity contribution in [3.63, 3.8) is 0 Å². The molecule has 4 heteroatoms. The standard InChI is InChI=1S/C8H9FINO/c9-6-1-5(8(11)4-12)2-7(10)3-6/h1-3,8,12H,4,11H2. The van der Waals surface area contributed by atoms with Gasteiger partial charge in [0.2, 0.25) is 0 Å². The number of aliphatic hydroxyl groups is 1. The first-order valence-electron chi connectivity index (χ1n) is 3.46. The molecular formula is C8H9FINO. The second-order valence-electron chi connectivity index (χ2n) is 2.49. The van der Waals surface area contributed by atoms with Crippen molar-refractivity contribution in [3.8, 4) is 0 Å². The van der Waals surface area contributed by atoms with Gasteiger partial charge in [-0.3, -0.25) is 0 Å². The molecule has 0 bridgehead atoms. The third-order valence-electron chi connectivity index (χ3n) is 1.51. The second kappa shape index (κ2) is 4.15. The molecule has 12 heavy (non-hydrogen) atoms. The Balaban J connectivity index is 3.00. The molecule has 0 aliphatic heterocycles. The Morgan fingerprint density at radius 2 is 2.17 bits per heavy atom. The maximum Gasteiger partial charge on any atom is 0.124 e. The Labute approximate surface area is 83.7 Å². The third-order valence-corrected chi connectivity index (χ3v) is 2.13. The highest BCUT2D eigenvalue weighted by Crippen LogP contribution is 2.15. The Morgan fingerprint density at radius 3 is 2.67 bits per heavy atom. The molecule has 66 valence electrons. The molecule has 1 rings (SSSR count). The van der Waals surface area contributed by atoms with E-state index in [2.05, 4.69) is 0 Å². The molecule has 2 nitrogen and oxygen atoms in total. The van der Waals surface area contributed by atoms with E-state index < -0.39 is 6.04 Å². The van der Waals surface area contributed by atoms with Gasteiger partial charge >= 0.3 is 0 Å². The molecule has 1 aromatic rings. The van der Waals surface area contributed by atoms with Crippen molar-refractivity contribution in [2.75, 3.05) is 6.61 Å². The van der Waals surface area contributed by atoms with Gasteiger partial charge in [0.25, 0.3) is 0 Å². The van der Waals surface area contributed by atoms with Crippen molar-refractivity contribution in [3.05, 3.63) is 33.1 Å². The van der Waals surface area contributed by atoms with Gasteiger partial charge in [0.1, 0.15) is 5.82 Å². The minimum absolute atomic E-state index is 0.167. The molecule has 3 N–H and O–H groups in total. The van der Waals surface area contributed by atoms with Crippen LogP contribution in [0.4, 0.5) is 4.39 Å². The van der Waals surface area contributed by atoms with Gasteiger partial charge in [-0.25, -0.2) is 4.39 Å². The summed E-state index contributed by atoms with van der Waals surface area (Å²) in [5.41, 5.74) is 6.14. The zero-order chi connectivity index (χ0) is 9.14. The predicted molar refractivity (Wildman–Crippen MR) is 53.1 cm³/mol. The van der Waals surface area contributed by atoms with Crippen LogP contribution < -0.4 is 5.73 Å². The van der Waals surface area contributed by atoms with Crippen LogP contribution in [0, 0.1) is 9.39 Å². The van der Waals surface area contributed by atoms with Gasteiger partial charge in [-0.15, -0.1) is 0 Å². The number of nitrogens with two attached hydrogens (primary N) is 1. The smallest absolute Gasteiger partial charge is 0.124 e. The van der Waals surface area contributed by atoms with E-state index in [4.69, 9.17) is 10.8 Å². The Morgan fingerprint density at radius 1 is 1.50 bits per heavy atom. The molecule has 0 aliphatic carbocycles. The second-order valence-corrected chi connectivity index (χ2v) is 3.74. The van der Waals surface area contributed by atoms with Crippen molar-refractivity contribution in [2.45, 2.75) is 6.04 Å². The van der Waals surface area contributed by atoms with Crippen LogP contribution in [0.15, 0.2) is 18.2 Å². The topological polar surface area (TPSA) is 46.2 Å². The summed E-state index contributed by atoms with van der Waals surface area (Å²) in [6.07, 6.45) is 0. The van der Waals surface area contributed by atoms with Gasteiger partial charge in [0, 0.05) is 3.57 Å². The van der Waals surface area contributed by atoms with Crippen LogP contribution in [0.25, 0.3) is 0 Å². The van der Waals surface area contributed by atoms with Crippen LogP contribution in [0.2, 0.25) is 0 Å². The summed E-state index contributed by atoms with van der Waals surface area (Å²) in [6, 6.07) is 4.01. The third kappa shape index (κ3) is 2.40. The highest BCUT2D eigenvalue weighted by molar-refractivity contribution is 14.1. The van der Waals surface area contributed by atoms with E-state index >= 15 is 0 Å². The number of aliphatic hydroxyl groups excluding tert-OH is 1. The van der Waals surface area contributed by atoms with Gasteiger partial charge in [-0.1, -0.05) is 0 Å². The molecule has 0 amide bonds. The highest BCUT2D eigenvalue weighted by atomic mass is 127. The van der Waals surface area contributed by atoms with Crippen molar-refractivity contribution in [1.29, 1.82) is 0 Å². The average Bonchev–Trinajstić information content (AvgIpc) is 2.01. The van der Waals surface area contributed by atoms with Crippen molar-refractivity contribution in [2.24, 2.45) is 5.73 Å². The van der Waals surface area contributed by atoms with Crippen molar-refractivity contribution < 1.29 is 9.50 Å². The summed E-state index contributed by atoms with van der Waals surface area (Å²) in [5, 5.41) is 8.72. The predicted octanol–water partition coefficient (Wildman–Crippen LogP) is 1.42. The lowest BCUT2D eigenvalue weighted by molar-refractivity contribution is 0.267. The zero-order valence-corrected chi connectivity index (χ0v) is 8.45. The molecule has 0 heterocycles. The molecule has 0 saturated carbocycles. The normalized spacial score (nSPS) is 13.0. The number of benzene rings is 1. The van der Waals surface area contributed by atoms with Crippen LogP contribution in [0.5, 0.6) is 0 Å². The maximum absolute atomic E-state index is 12.8. The summed E-state index contributed by atoms with van der Waals surface area (Å²) in [6.45, 7) is -0.167. The van der Waals surface area contributed by atoms with Crippen molar-refractivity contribution in [1.82, 2.24) is 0 Å². The Kier molecular flexibility index (Phi) is 3.42. The fourth-order valence-electron chi connectivity index (χ4n) is 0.895. The van der Waals surface area contributed by atoms with Gasteiger partial charge in [-0.05, 0) is 46.4 Å². The summed E-state index contributed by atoms with van der Waals surface area (Å²) in [5.74, 6) is -0.319. The van der Waals surface area contributed by atoms with Crippen LogP contribution in [-0.2, 0) is 0 Å². The lowest BCUT2D eigenvalue weighted by atomic mass is 10.1. The van der Waals surface area contributed by atoms with E-state index in [1.54, 1.807) is 6.07 Å². The molecule has 0 saturated heterocycles. The minimum atomic E-state index is -0.491. The number of hydrogen-bond acceptors (Lipinski definition) is 2. The van der Waals surface area contributed by atoms with Crippen LogP contribution in [0.3, 0.4) is 0 Å². The molecule has 0 fully saturated rings. The lowest BCUT2D eigenvalue weighted by Gasteiger charge is -2.08. The highest BCUT2D eigenvalue weighted by Gasteiger charge is 2.06. The van der Waals surface area contributed by atoms with Gasteiger partial charge in [-0.2, -0.15) is 0 Å². The molecule has 0 aromatic heterocycles. The fourth-order valence-corrected chi connectivity index (χ4v) is 1.55. The van der Waals surface area contributed by atoms with Crippen LogP contribution >= 0.6 is 22.6 Å². The SMILES string of the molecule is NC(CO)c1cc(F)cc(I)c1. The quantitative estimate of drug-likeness (QED) is 0.805. The Hall–Kier alpha value is -0.200. The first kappa shape index (κ1) is 9.88. The molecule has 0 spiro atoms. The summed E-state index contributed by atoms with van der Waals surface area (Å²) >= 11 is 2.00. The number of halogens is 2. The van der Waals surface area contributed by atoms with Crippen LogP contribution in [-0.4, -0.2) is 11.7 Å². The summed E-state index contributed by atoms with van der Waals surface area (Å²) in [4.78, 5) is 0. The van der Waals surface area contributed by atoms with E-state index in [9.17, 15) is 4.39 Å². The molecule has 1 unspecified atom stereocenters. The molecular weight excluding hydrogens is 272 g/mol. The van der Waals surface area contributed by atoms with Gasteiger partial charge in [0.15, 0.2) is 0 Å².